The number of anilines is 2. The van der Waals surface area contributed by atoms with Gasteiger partial charge >= 0.3 is 0 Å². The fraction of sp³-hybridized carbons (Fsp3) is 0.250. The summed E-state index contributed by atoms with van der Waals surface area (Å²) >= 11 is 5.92. The van der Waals surface area contributed by atoms with Gasteiger partial charge in [-0.05, 0) is 0 Å². The average molecular weight is 240 g/mol. The minimum atomic E-state index is 0.247. The van der Waals surface area contributed by atoms with E-state index in [0.29, 0.717) is 17.4 Å². The lowest BCUT2D eigenvalue weighted by Gasteiger charge is -2.07. The zero-order chi connectivity index (χ0) is 11.5. The number of aromatic nitrogens is 5. The van der Waals surface area contributed by atoms with Gasteiger partial charge in [0, 0.05) is 7.05 Å². The van der Waals surface area contributed by atoms with Gasteiger partial charge in [-0.25, -0.2) is 15.0 Å². The molecule has 3 N–H and O–H groups in total. The minimum Gasteiger partial charge on any atom is -0.382 e. The summed E-state index contributed by atoms with van der Waals surface area (Å²) in [5.74, 6) is 1.50. The maximum Gasteiger partial charge on any atom is 0.150 e. The molecule has 0 aromatic carbocycles. The van der Waals surface area contributed by atoms with Crippen LogP contribution in [0.25, 0.3) is 0 Å². The Labute approximate surface area is 96.7 Å². The molecule has 7 nitrogen and oxygen atoms in total. The van der Waals surface area contributed by atoms with E-state index in [4.69, 9.17) is 17.3 Å². The summed E-state index contributed by atoms with van der Waals surface area (Å²) in [6.07, 6.45) is 2.83. The van der Waals surface area contributed by atoms with Crippen LogP contribution in [0, 0.1) is 0 Å². The smallest absolute Gasteiger partial charge is 0.150 e. The van der Waals surface area contributed by atoms with Crippen molar-refractivity contribution in [2.45, 2.75) is 6.54 Å². The molecule has 0 saturated heterocycles. The van der Waals surface area contributed by atoms with E-state index in [2.05, 4.69) is 25.4 Å². The van der Waals surface area contributed by atoms with Gasteiger partial charge in [-0.15, -0.1) is 0 Å². The second kappa shape index (κ2) is 4.31. The third kappa shape index (κ3) is 2.03. The van der Waals surface area contributed by atoms with Gasteiger partial charge < -0.3 is 11.1 Å². The summed E-state index contributed by atoms with van der Waals surface area (Å²) in [4.78, 5) is 11.8. The zero-order valence-electron chi connectivity index (χ0n) is 8.55. The molecule has 16 heavy (non-hydrogen) atoms. The molecule has 2 heterocycles. The summed E-state index contributed by atoms with van der Waals surface area (Å²) in [7, 11) is 1.81. The first-order valence-electron chi connectivity index (χ1n) is 4.51. The van der Waals surface area contributed by atoms with Gasteiger partial charge in [-0.2, -0.15) is 5.10 Å². The number of hydrogen-bond acceptors (Lipinski definition) is 6. The Hall–Kier alpha value is -1.89. The molecule has 0 spiro atoms. The number of hydrogen-bond donors (Lipinski definition) is 2. The standard InChI is InChI=1S/C8H10ClN7/c1-16-5(12-4-15-16)2-11-8-6(9)7(10)13-3-14-8/h3-4H,2H2,1H3,(H3,10,11,13,14). The molecule has 8 heteroatoms. The van der Waals surface area contributed by atoms with Crippen LogP contribution in [-0.4, -0.2) is 24.7 Å². The van der Waals surface area contributed by atoms with E-state index in [0.717, 1.165) is 5.82 Å². The minimum absolute atomic E-state index is 0.247. The molecule has 0 aliphatic rings. The number of nitrogen functional groups attached to an aromatic ring is 1. The van der Waals surface area contributed by atoms with Crippen LogP contribution in [0.1, 0.15) is 5.82 Å². The van der Waals surface area contributed by atoms with Gasteiger partial charge in [0.2, 0.25) is 0 Å². The quantitative estimate of drug-likeness (QED) is 0.808. The summed E-state index contributed by atoms with van der Waals surface area (Å²) in [6, 6.07) is 0. The average Bonchev–Trinajstić information content (AvgIpc) is 2.67. The van der Waals surface area contributed by atoms with Crippen LogP contribution >= 0.6 is 11.6 Å². The van der Waals surface area contributed by atoms with E-state index in [-0.39, 0.29) is 5.82 Å². The summed E-state index contributed by atoms with van der Waals surface area (Å²) in [6.45, 7) is 0.465. The van der Waals surface area contributed by atoms with Crippen molar-refractivity contribution in [1.29, 1.82) is 0 Å². The van der Waals surface area contributed by atoms with Crippen molar-refractivity contribution in [2.75, 3.05) is 11.1 Å². The number of nitrogens with zero attached hydrogens (tertiary/aromatic N) is 5. The SMILES string of the molecule is Cn1ncnc1CNc1ncnc(N)c1Cl. The highest BCUT2D eigenvalue weighted by Gasteiger charge is 2.07. The molecule has 0 amide bonds. The first-order chi connectivity index (χ1) is 7.68. The second-order valence-corrected chi connectivity index (χ2v) is 3.45. The van der Waals surface area contributed by atoms with Crippen molar-refractivity contribution in [1.82, 2.24) is 24.7 Å². The van der Waals surface area contributed by atoms with Gasteiger partial charge in [-0.3, -0.25) is 4.68 Å². The van der Waals surface area contributed by atoms with Crippen LogP contribution in [0.4, 0.5) is 11.6 Å². The number of rotatable bonds is 3. The van der Waals surface area contributed by atoms with E-state index in [1.165, 1.54) is 12.7 Å². The Morgan fingerprint density at radius 2 is 2.19 bits per heavy atom. The fourth-order valence-corrected chi connectivity index (χ4v) is 1.31. The molecule has 0 radical (unpaired) electrons. The third-order valence-electron chi connectivity index (χ3n) is 2.04. The predicted molar refractivity (Wildman–Crippen MR) is 59.8 cm³/mol. The summed E-state index contributed by atoms with van der Waals surface area (Å²) in [5.41, 5.74) is 5.54. The second-order valence-electron chi connectivity index (χ2n) is 3.07. The first-order valence-corrected chi connectivity index (χ1v) is 4.89. The molecule has 0 fully saturated rings. The molecule has 2 aromatic heterocycles. The number of nitrogens with one attached hydrogen (secondary N) is 1. The van der Waals surface area contributed by atoms with Crippen LogP contribution in [0.3, 0.4) is 0 Å². The lowest BCUT2D eigenvalue weighted by molar-refractivity contribution is 0.711. The van der Waals surface area contributed by atoms with E-state index in [9.17, 15) is 0 Å². The number of nitrogens with two attached hydrogens (primary N) is 1. The van der Waals surface area contributed by atoms with Crippen molar-refractivity contribution in [2.24, 2.45) is 7.05 Å². The Morgan fingerprint density at radius 1 is 1.38 bits per heavy atom. The third-order valence-corrected chi connectivity index (χ3v) is 2.41. The van der Waals surface area contributed by atoms with Crippen molar-refractivity contribution in [3.8, 4) is 0 Å². The van der Waals surface area contributed by atoms with Gasteiger partial charge in [0.1, 0.15) is 29.3 Å². The van der Waals surface area contributed by atoms with Crippen molar-refractivity contribution >= 4 is 23.2 Å². The Balaban J connectivity index is 2.11. The van der Waals surface area contributed by atoms with E-state index in [1.54, 1.807) is 11.7 Å². The fourth-order valence-electron chi connectivity index (χ4n) is 1.15. The van der Waals surface area contributed by atoms with Crippen LogP contribution in [0.5, 0.6) is 0 Å². The van der Waals surface area contributed by atoms with Gasteiger partial charge in [-0.1, -0.05) is 11.6 Å². The summed E-state index contributed by atoms with van der Waals surface area (Å²) in [5, 5.41) is 7.26. The Morgan fingerprint density at radius 3 is 2.88 bits per heavy atom. The molecule has 2 aromatic rings. The molecule has 0 aliphatic carbocycles. The van der Waals surface area contributed by atoms with Crippen molar-refractivity contribution in [3.63, 3.8) is 0 Å². The van der Waals surface area contributed by atoms with Crippen LogP contribution in [0.15, 0.2) is 12.7 Å². The maximum atomic E-state index is 5.92. The number of aryl methyl sites for hydroxylation is 1. The molecular weight excluding hydrogens is 230 g/mol. The maximum absolute atomic E-state index is 5.92. The highest BCUT2D eigenvalue weighted by atomic mass is 35.5. The van der Waals surface area contributed by atoms with E-state index in [1.807, 2.05) is 0 Å². The largest absolute Gasteiger partial charge is 0.382 e. The molecule has 0 atom stereocenters. The van der Waals surface area contributed by atoms with Crippen molar-refractivity contribution < 1.29 is 0 Å². The van der Waals surface area contributed by atoms with Crippen LogP contribution in [-0.2, 0) is 13.6 Å². The van der Waals surface area contributed by atoms with Crippen molar-refractivity contribution in [3.05, 3.63) is 23.5 Å². The molecule has 0 saturated carbocycles. The highest BCUT2D eigenvalue weighted by molar-refractivity contribution is 6.35. The first kappa shape index (κ1) is 10.6. The lowest BCUT2D eigenvalue weighted by atomic mass is 10.5. The molecule has 0 aliphatic heterocycles. The normalized spacial score (nSPS) is 10.4. The lowest BCUT2D eigenvalue weighted by Crippen LogP contribution is -2.09. The molecule has 0 bridgehead atoms. The van der Waals surface area contributed by atoms with Crippen LogP contribution in [0.2, 0.25) is 5.02 Å². The topological polar surface area (TPSA) is 94.5 Å². The monoisotopic (exact) mass is 239 g/mol. The number of halogens is 1. The molecule has 0 unspecified atom stereocenters. The Kier molecular flexibility index (Phi) is 2.86. The Bertz CT molecular complexity index is 495. The summed E-state index contributed by atoms with van der Waals surface area (Å²) < 4.78 is 1.66. The van der Waals surface area contributed by atoms with Gasteiger partial charge in [0.05, 0.1) is 6.54 Å². The van der Waals surface area contributed by atoms with Crippen LogP contribution < -0.4 is 11.1 Å². The molecule has 84 valence electrons. The predicted octanol–water partition coefficient (Wildman–Crippen LogP) is 0.453. The van der Waals surface area contributed by atoms with Gasteiger partial charge in [0.15, 0.2) is 5.82 Å². The highest BCUT2D eigenvalue weighted by Crippen LogP contribution is 2.23. The van der Waals surface area contributed by atoms with E-state index < -0.39 is 0 Å². The zero-order valence-corrected chi connectivity index (χ0v) is 9.31. The molecular formula is C8H10ClN7. The van der Waals surface area contributed by atoms with E-state index >= 15 is 0 Å². The molecule has 2 rings (SSSR count). The van der Waals surface area contributed by atoms with Gasteiger partial charge in [0.25, 0.3) is 0 Å².